The van der Waals surface area contributed by atoms with E-state index in [1.165, 1.54) is 6.26 Å². The molecule has 2 aliphatic rings. The monoisotopic (exact) mass is 589 g/mol. The number of hydrogen-bond donors (Lipinski definition) is 1. The number of nitrogens with zero attached hydrogens (tertiary/aromatic N) is 4. The Hall–Kier alpha value is -3.80. The lowest BCUT2D eigenvalue weighted by Crippen LogP contribution is -2.47. The van der Waals surface area contributed by atoms with Gasteiger partial charge in [0.05, 0.1) is 24.6 Å². The topological polar surface area (TPSA) is 129 Å². The summed E-state index contributed by atoms with van der Waals surface area (Å²) in [6, 6.07) is 15.8. The Bertz CT molecular complexity index is 1690. The fourth-order valence-electron chi connectivity index (χ4n) is 6.54. The second kappa shape index (κ2) is 11.5. The highest BCUT2D eigenvalue weighted by Gasteiger charge is 2.45. The second-order valence-electron chi connectivity index (χ2n) is 11.1. The van der Waals surface area contributed by atoms with Gasteiger partial charge in [0, 0.05) is 60.5 Å². The third-order valence-corrected chi connectivity index (χ3v) is 9.55. The molecule has 5 heterocycles. The van der Waals surface area contributed by atoms with Crippen molar-refractivity contribution in [1.29, 1.82) is 0 Å². The van der Waals surface area contributed by atoms with E-state index in [0.29, 0.717) is 37.4 Å². The van der Waals surface area contributed by atoms with Gasteiger partial charge in [0.25, 0.3) is 0 Å². The van der Waals surface area contributed by atoms with E-state index in [9.17, 15) is 13.2 Å². The van der Waals surface area contributed by atoms with Crippen molar-refractivity contribution in [3.8, 4) is 22.4 Å². The van der Waals surface area contributed by atoms with Gasteiger partial charge in [-0.2, -0.15) is 0 Å². The van der Waals surface area contributed by atoms with E-state index < -0.39 is 9.84 Å². The van der Waals surface area contributed by atoms with Crippen LogP contribution in [-0.2, 0) is 24.1 Å². The Morgan fingerprint density at radius 1 is 1.02 bits per heavy atom. The zero-order chi connectivity index (χ0) is 29.4. The lowest BCUT2D eigenvalue weighted by molar-refractivity contribution is -0.141. The van der Waals surface area contributed by atoms with Gasteiger partial charge in [-0.05, 0) is 37.8 Å². The molecule has 0 radical (unpaired) electrons. The van der Waals surface area contributed by atoms with Crippen LogP contribution in [0.1, 0.15) is 37.3 Å². The number of aromatic nitrogens is 3. The molecule has 0 unspecified atom stereocenters. The van der Waals surface area contributed by atoms with Crippen molar-refractivity contribution < 1.29 is 22.7 Å². The zero-order valence-corrected chi connectivity index (χ0v) is 24.6. The molecule has 2 aliphatic heterocycles. The second-order valence-corrected chi connectivity index (χ2v) is 13.1. The molecule has 10 nitrogen and oxygen atoms in total. The summed E-state index contributed by atoms with van der Waals surface area (Å²) in [6.07, 6.45) is 7.71. The van der Waals surface area contributed by atoms with Crippen molar-refractivity contribution in [2.75, 3.05) is 38.9 Å². The predicted molar refractivity (Wildman–Crippen MR) is 160 cm³/mol. The van der Waals surface area contributed by atoms with E-state index in [1.54, 1.807) is 23.9 Å². The van der Waals surface area contributed by atoms with Crippen LogP contribution in [0.2, 0.25) is 0 Å². The van der Waals surface area contributed by atoms with Crippen molar-refractivity contribution in [3.63, 3.8) is 0 Å². The van der Waals surface area contributed by atoms with Gasteiger partial charge in [0.2, 0.25) is 5.91 Å². The van der Waals surface area contributed by atoms with Gasteiger partial charge in [-0.15, -0.1) is 0 Å². The number of fused-ring (bicyclic) bond motifs is 3. The lowest BCUT2D eigenvalue weighted by atomic mass is 9.87. The van der Waals surface area contributed by atoms with Gasteiger partial charge in [-0.1, -0.05) is 36.4 Å². The summed E-state index contributed by atoms with van der Waals surface area (Å²) in [5, 5.41) is 0. The molecule has 11 heteroatoms. The highest BCUT2D eigenvalue weighted by molar-refractivity contribution is 7.91. The first-order valence-corrected chi connectivity index (χ1v) is 16.1. The summed E-state index contributed by atoms with van der Waals surface area (Å²) in [4.78, 5) is 24.7. The Kier molecular flexibility index (Phi) is 7.73. The van der Waals surface area contributed by atoms with Crippen molar-refractivity contribution in [1.82, 2.24) is 19.3 Å². The molecule has 2 saturated heterocycles. The van der Waals surface area contributed by atoms with E-state index in [2.05, 4.69) is 4.98 Å². The first-order valence-electron chi connectivity index (χ1n) is 14.2. The first-order chi connectivity index (χ1) is 20.3. The maximum atomic E-state index is 13.1. The number of nitrogens with two attached hydrogens (primary N) is 1. The Balaban J connectivity index is 1.34. The number of anilines is 1. The number of carbonyl (C=O) groups excluding carboxylic acids is 1. The number of benzene rings is 1. The molecular weight excluding hydrogens is 554 g/mol. The molecule has 0 spiro atoms. The molecule has 3 atom stereocenters. The number of carbonyl (C=O) groups is 1. The van der Waals surface area contributed by atoms with Crippen molar-refractivity contribution in [3.05, 3.63) is 66.6 Å². The molecule has 2 bridgehead atoms. The van der Waals surface area contributed by atoms with Crippen LogP contribution in [0, 0.1) is 0 Å². The van der Waals surface area contributed by atoms with Crippen LogP contribution in [0.5, 0.6) is 0 Å². The van der Waals surface area contributed by atoms with Crippen LogP contribution in [0.3, 0.4) is 0 Å². The molecule has 3 aromatic heterocycles. The Morgan fingerprint density at radius 2 is 1.76 bits per heavy atom. The van der Waals surface area contributed by atoms with Gasteiger partial charge in [-0.25, -0.2) is 13.4 Å². The number of ether oxygens (including phenoxy) is 2. The normalized spacial score (nSPS) is 20.3. The number of sulfone groups is 1. The number of piperidine rings is 1. The third-order valence-electron chi connectivity index (χ3n) is 8.39. The molecule has 2 fully saturated rings. The molecule has 1 amide bonds. The summed E-state index contributed by atoms with van der Waals surface area (Å²) >= 11 is 0. The van der Waals surface area contributed by atoms with Gasteiger partial charge in [0.15, 0.2) is 9.84 Å². The van der Waals surface area contributed by atoms with Gasteiger partial charge < -0.3 is 20.1 Å². The zero-order valence-electron chi connectivity index (χ0n) is 23.8. The fraction of sp³-hybridized carbons (Fsp3) is 0.387. The lowest BCUT2D eigenvalue weighted by Gasteiger charge is -2.39. The molecule has 0 saturated carbocycles. The van der Waals surface area contributed by atoms with E-state index in [4.69, 9.17) is 20.2 Å². The van der Waals surface area contributed by atoms with Crippen LogP contribution in [0.25, 0.3) is 28.0 Å². The summed E-state index contributed by atoms with van der Waals surface area (Å²) < 4.78 is 38.3. The van der Waals surface area contributed by atoms with Gasteiger partial charge in [-0.3, -0.25) is 14.2 Å². The number of nitrogen functional groups attached to an aromatic ring is 1. The van der Waals surface area contributed by atoms with Crippen LogP contribution < -0.4 is 5.73 Å². The quantitative estimate of drug-likeness (QED) is 0.291. The summed E-state index contributed by atoms with van der Waals surface area (Å²) in [5.74, 6) is -0.0435. The van der Waals surface area contributed by atoms with E-state index >= 15 is 0 Å². The first kappa shape index (κ1) is 28.3. The number of amides is 1. The van der Waals surface area contributed by atoms with Crippen molar-refractivity contribution in [2.45, 2.75) is 48.6 Å². The number of hydrogen-bond acceptors (Lipinski definition) is 8. The molecule has 4 aromatic rings. The summed E-state index contributed by atoms with van der Waals surface area (Å²) in [5.41, 5.74) is 11.2. The fourth-order valence-corrected chi connectivity index (χ4v) is 7.61. The summed E-state index contributed by atoms with van der Waals surface area (Å²) in [7, 11) is -2.10. The largest absolute Gasteiger partial charge is 0.384 e. The molecular formula is C31H35N5O5S. The van der Waals surface area contributed by atoms with Crippen LogP contribution in [-0.4, -0.2) is 78.9 Å². The number of rotatable bonds is 9. The van der Waals surface area contributed by atoms with Crippen LogP contribution in [0.4, 0.5) is 5.82 Å². The smallest absolute Gasteiger partial charge is 0.249 e. The standard InChI is InChI=1S/C31H35N5O5S/c1-40-14-15-41-19-27(37)36-23-9-10-24(36)17-22(16-23)28-29(42(2,38)39)30(32)35-13-12-25(31(35)34-28)21-8-11-26(33-18-21)20-6-4-3-5-7-20/h3-8,11-13,18,22-24H,9-10,14-17,19,32H2,1-2H3/t22-,23-,24+. The minimum absolute atomic E-state index is 0.0000709. The average molecular weight is 590 g/mol. The molecule has 42 heavy (non-hydrogen) atoms. The Morgan fingerprint density at radius 3 is 2.40 bits per heavy atom. The van der Waals surface area contributed by atoms with Crippen LogP contribution in [0.15, 0.2) is 65.8 Å². The van der Waals surface area contributed by atoms with Crippen LogP contribution >= 0.6 is 0 Å². The SMILES string of the molecule is COCCOCC(=O)N1[C@@H]2CC[C@H]1C[C@H](c1nc3c(-c4ccc(-c5ccccc5)nc4)ccn3c(N)c1S(C)(=O)=O)C2. The third kappa shape index (κ3) is 5.28. The minimum atomic E-state index is -3.69. The molecule has 1 aromatic carbocycles. The maximum absolute atomic E-state index is 13.1. The number of methoxy groups -OCH3 is 1. The van der Waals surface area contributed by atoms with E-state index in [0.717, 1.165) is 35.2 Å². The number of pyridine rings is 1. The van der Waals surface area contributed by atoms with E-state index in [1.807, 2.05) is 53.4 Å². The van der Waals surface area contributed by atoms with Crippen molar-refractivity contribution in [2.24, 2.45) is 0 Å². The highest BCUT2D eigenvalue weighted by Crippen LogP contribution is 2.45. The molecule has 0 aliphatic carbocycles. The van der Waals surface area contributed by atoms with Gasteiger partial charge >= 0.3 is 0 Å². The van der Waals surface area contributed by atoms with Crippen molar-refractivity contribution >= 4 is 27.2 Å². The summed E-state index contributed by atoms with van der Waals surface area (Å²) in [6.45, 7) is 0.803. The van der Waals surface area contributed by atoms with E-state index in [-0.39, 0.29) is 41.2 Å². The Labute approximate surface area is 245 Å². The molecule has 6 rings (SSSR count). The predicted octanol–water partition coefficient (Wildman–Crippen LogP) is 3.95. The maximum Gasteiger partial charge on any atom is 0.249 e. The van der Waals surface area contributed by atoms with Gasteiger partial charge in [0.1, 0.15) is 23.0 Å². The highest BCUT2D eigenvalue weighted by atomic mass is 32.2. The molecule has 220 valence electrons. The molecule has 2 N–H and O–H groups in total. The average Bonchev–Trinajstić information content (AvgIpc) is 3.53. The minimum Gasteiger partial charge on any atom is -0.384 e.